The summed E-state index contributed by atoms with van der Waals surface area (Å²) in [5.41, 5.74) is 3.57. The molecule has 0 unspecified atom stereocenters. The van der Waals surface area contributed by atoms with Crippen molar-refractivity contribution in [2.75, 3.05) is 19.6 Å². The molecule has 6 nitrogen and oxygen atoms in total. The van der Waals surface area contributed by atoms with Crippen LogP contribution in [0.1, 0.15) is 29.8 Å². The maximum Gasteiger partial charge on any atom is 0.159 e. The zero-order chi connectivity index (χ0) is 24.4. The van der Waals surface area contributed by atoms with Crippen LogP contribution in [0.3, 0.4) is 0 Å². The van der Waals surface area contributed by atoms with E-state index in [-0.39, 0.29) is 17.3 Å². The number of aromatic nitrogens is 2. The average Bonchev–Trinajstić information content (AvgIpc) is 3.16. The molecule has 0 amide bonds. The van der Waals surface area contributed by atoms with E-state index in [9.17, 15) is 19.7 Å². The third kappa shape index (κ3) is 5.41. The van der Waals surface area contributed by atoms with Crippen LogP contribution in [-0.2, 0) is 19.4 Å². The zero-order valence-electron chi connectivity index (χ0n) is 19.6. The average molecular weight is 476 g/mol. The third-order valence-corrected chi connectivity index (χ3v) is 7.01. The van der Waals surface area contributed by atoms with Crippen LogP contribution in [0.4, 0.5) is 4.39 Å². The molecule has 1 aromatic heterocycles. The van der Waals surface area contributed by atoms with Crippen molar-refractivity contribution in [3.63, 3.8) is 0 Å². The molecule has 182 valence electrons. The van der Waals surface area contributed by atoms with Gasteiger partial charge in [0.1, 0.15) is 17.4 Å². The summed E-state index contributed by atoms with van der Waals surface area (Å²) in [6.07, 6.45) is 3.92. The molecule has 1 aliphatic rings. The van der Waals surface area contributed by atoms with Crippen LogP contribution in [0, 0.1) is 11.7 Å². The SMILES string of the molecule is Oc1ccc(CCN2CCC(Cc3nc4cc(O)c(O)cc4n3Cc3ccc(F)cc3)CC2)cc1. The molecule has 3 N–H and O–H groups in total. The first-order valence-corrected chi connectivity index (χ1v) is 12.1. The Kier molecular flexibility index (Phi) is 6.59. The second-order valence-corrected chi connectivity index (χ2v) is 9.48. The Hall–Kier alpha value is -3.58. The number of aromatic hydroxyl groups is 3. The molecule has 35 heavy (non-hydrogen) atoms. The molecule has 1 aliphatic heterocycles. The number of benzene rings is 3. The van der Waals surface area contributed by atoms with Crippen molar-refractivity contribution >= 4 is 11.0 Å². The summed E-state index contributed by atoms with van der Waals surface area (Å²) in [5, 5.41) is 29.5. The zero-order valence-corrected chi connectivity index (χ0v) is 19.6. The largest absolute Gasteiger partial charge is 0.508 e. The van der Waals surface area contributed by atoms with Gasteiger partial charge >= 0.3 is 0 Å². The van der Waals surface area contributed by atoms with E-state index < -0.39 is 0 Å². The number of nitrogens with zero attached hydrogens (tertiary/aromatic N) is 3. The number of piperidine rings is 1. The standard InChI is InChI=1S/C28H30FN3O3/c29-22-5-1-21(2-6-22)18-32-25-17-27(35)26(34)16-24(25)30-28(32)15-20-10-13-31(14-11-20)12-9-19-3-7-23(33)8-4-19/h1-8,16-17,20,33-35H,9-15,18H2. The molecule has 0 radical (unpaired) electrons. The molecule has 0 bridgehead atoms. The van der Waals surface area contributed by atoms with Crippen LogP contribution in [0.5, 0.6) is 17.2 Å². The van der Waals surface area contributed by atoms with Crippen molar-refractivity contribution in [3.8, 4) is 17.2 Å². The first-order chi connectivity index (χ1) is 16.9. The predicted octanol–water partition coefficient (Wildman–Crippen LogP) is 4.84. The quantitative estimate of drug-likeness (QED) is 0.333. The van der Waals surface area contributed by atoms with Crippen molar-refractivity contribution in [2.24, 2.45) is 5.92 Å². The lowest BCUT2D eigenvalue weighted by Crippen LogP contribution is -2.36. The van der Waals surface area contributed by atoms with E-state index in [0.717, 1.165) is 62.2 Å². The van der Waals surface area contributed by atoms with Gasteiger partial charge in [0.2, 0.25) is 0 Å². The van der Waals surface area contributed by atoms with Gasteiger partial charge in [-0.05, 0) is 73.7 Å². The number of imidazole rings is 1. The summed E-state index contributed by atoms with van der Waals surface area (Å²) >= 11 is 0. The summed E-state index contributed by atoms with van der Waals surface area (Å²) < 4.78 is 15.5. The Labute approximate surface area is 203 Å². The van der Waals surface area contributed by atoms with Gasteiger partial charge in [0.25, 0.3) is 0 Å². The van der Waals surface area contributed by atoms with E-state index >= 15 is 0 Å². The monoisotopic (exact) mass is 475 g/mol. The Morgan fingerprint density at radius 2 is 1.51 bits per heavy atom. The summed E-state index contributed by atoms with van der Waals surface area (Å²) in [7, 11) is 0. The number of hydrogen-bond acceptors (Lipinski definition) is 5. The second kappa shape index (κ2) is 9.96. The fourth-order valence-corrected chi connectivity index (χ4v) is 4.93. The van der Waals surface area contributed by atoms with E-state index in [0.29, 0.717) is 23.7 Å². The molecule has 1 fully saturated rings. The molecule has 4 aromatic rings. The molecule has 0 aliphatic carbocycles. The molecular weight excluding hydrogens is 445 g/mol. The Morgan fingerprint density at radius 1 is 0.857 bits per heavy atom. The Bertz CT molecular complexity index is 1290. The topological polar surface area (TPSA) is 81.8 Å². The van der Waals surface area contributed by atoms with Gasteiger partial charge in [0, 0.05) is 31.6 Å². The minimum Gasteiger partial charge on any atom is -0.508 e. The minimum atomic E-state index is -0.274. The highest BCUT2D eigenvalue weighted by Gasteiger charge is 2.23. The summed E-state index contributed by atoms with van der Waals surface area (Å²) in [6.45, 7) is 3.58. The molecular formula is C28H30FN3O3. The molecule has 0 saturated carbocycles. The summed E-state index contributed by atoms with van der Waals surface area (Å²) in [5.74, 6) is 1.07. The number of phenols is 3. The van der Waals surface area contributed by atoms with Crippen LogP contribution in [0.25, 0.3) is 11.0 Å². The lowest BCUT2D eigenvalue weighted by molar-refractivity contribution is 0.184. The second-order valence-electron chi connectivity index (χ2n) is 9.48. The van der Waals surface area contributed by atoms with Gasteiger partial charge in [-0.3, -0.25) is 0 Å². The van der Waals surface area contributed by atoms with Gasteiger partial charge < -0.3 is 24.8 Å². The van der Waals surface area contributed by atoms with Gasteiger partial charge in [0.15, 0.2) is 11.5 Å². The fourth-order valence-electron chi connectivity index (χ4n) is 4.93. The number of fused-ring (bicyclic) bond motifs is 1. The molecule has 0 atom stereocenters. The van der Waals surface area contributed by atoms with Gasteiger partial charge in [-0.15, -0.1) is 0 Å². The van der Waals surface area contributed by atoms with E-state index in [1.165, 1.54) is 23.8 Å². The smallest absolute Gasteiger partial charge is 0.159 e. The van der Waals surface area contributed by atoms with Crippen molar-refractivity contribution in [1.82, 2.24) is 14.5 Å². The fraction of sp³-hybridized carbons (Fsp3) is 0.321. The van der Waals surface area contributed by atoms with Crippen LogP contribution in [0.2, 0.25) is 0 Å². The van der Waals surface area contributed by atoms with Crippen molar-refractivity contribution in [1.29, 1.82) is 0 Å². The lowest BCUT2D eigenvalue weighted by Gasteiger charge is -2.32. The molecule has 2 heterocycles. The summed E-state index contributed by atoms with van der Waals surface area (Å²) in [4.78, 5) is 7.30. The predicted molar refractivity (Wildman–Crippen MR) is 133 cm³/mol. The molecule has 5 rings (SSSR count). The minimum absolute atomic E-state index is 0.175. The van der Waals surface area contributed by atoms with Crippen molar-refractivity contribution < 1.29 is 19.7 Å². The highest BCUT2D eigenvalue weighted by molar-refractivity contribution is 5.80. The number of phenolic OH excluding ortho intramolecular Hbond substituents is 3. The third-order valence-electron chi connectivity index (χ3n) is 7.01. The Balaban J connectivity index is 1.28. The molecule has 0 spiro atoms. The van der Waals surface area contributed by atoms with Gasteiger partial charge in [-0.25, -0.2) is 9.37 Å². The van der Waals surface area contributed by atoms with Gasteiger partial charge in [0.05, 0.1) is 11.0 Å². The van der Waals surface area contributed by atoms with E-state index in [1.807, 2.05) is 12.1 Å². The number of halogens is 1. The molecule has 7 heteroatoms. The lowest BCUT2D eigenvalue weighted by atomic mass is 9.93. The molecule has 3 aromatic carbocycles. The maximum atomic E-state index is 13.4. The van der Waals surface area contributed by atoms with Gasteiger partial charge in [-0.2, -0.15) is 0 Å². The van der Waals surface area contributed by atoms with Crippen LogP contribution < -0.4 is 0 Å². The van der Waals surface area contributed by atoms with Crippen LogP contribution >= 0.6 is 0 Å². The van der Waals surface area contributed by atoms with Crippen LogP contribution in [0.15, 0.2) is 60.7 Å². The number of likely N-dealkylation sites (tertiary alicyclic amines) is 1. The number of rotatable bonds is 7. The first kappa shape index (κ1) is 23.2. The normalized spacial score (nSPS) is 15.1. The maximum absolute atomic E-state index is 13.4. The van der Waals surface area contributed by atoms with Crippen molar-refractivity contribution in [2.45, 2.75) is 32.2 Å². The number of hydrogen-bond donors (Lipinski definition) is 3. The summed E-state index contributed by atoms with van der Waals surface area (Å²) in [6, 6.07) is 16.9. The first-order valence-electron chi connectivity index (χ1n) is 12.1. The van der Waals surface area contributed by atoms with Crippen LogP contribution in [-0.4, -0.2) is 49.4 Å². The van der Waals surface area contributed by atoms with Crippen molar-refractivity contribution in [3.05, 3.63) is 83.4 Å². The van der Waals surface area contributed by atoms with E-state index in [1.54, 1.807) is 30.3 Å². The highest BCUT2D eigenvalue weighted by atomic mass is 19.1. The van der Waals surface area contributed by atoms with E-state index in [4.69, 9.17) is 4.98 Å². The van der Waals surface area contributed by atoms with Gasteiger partial charge in [-0.1, -0.05) is 24.3 Å². The Morgan fingerprint density at radius 3 is 2.23 bits per heavy atom. The van der Waals surface area contributed by atoms with E-state index in [2.05, 4.69) is 9.47 Å². The highest BCUT2D eigenvalue weighted by Crippen LogP contribution is 2.32. The molecule has 1 saturated heterocycles.